The van der Waals surface area contributed by atoms with Gasteiger partial charge in [0.25, 0.3) is 5.92 Å². The predicted octanol–water partition coefficient (Wildman–Crippen LogP) is 1.13. The van der Waals surface area contributed by atoms with Gasteiger partial charge in [-0.25, -0.2) is 18.6 Å². The van der Waals surface area contributed by atoms with E-state index in [-0.39, 0.29) is 11.4 Å². The molecule has 0 radical (unpaired) electrons. The van der Waals surface area contributed by atoms with Crippen LogP contribution in [0.15, 0.2) is 12.1 Å². The standard InChI is InChI=1S/C10H12F2N2O3/c1-6-2-7(9(16)17)3-8(14-6)13-4-10(11,12)5-15/h2-3,15H,4-5H2,1H3,(H,13,14)(H,16,17). The van der Waals surface area contributed by atoms with Crippen LogP contribution in [0.3, 0.4) is 0 Å². The third-order valence-corrected chi connectivity index (χ3v) is 1.96. The van der Waals surface area contributed by atoms with Crippen LogP contribution in [0.25, 0.3) is 0 Å². The first-order valence-corrected chi connectivity index (χ1v) is 4.78. The van der Waals surface area contributed by atoms with Gasteiger partial charge in [0.1, 0.15) is 12.4 Å². The Kier molecular flexibility index (Phi) is 3.95. The topological polar surface area (TPSA) is 82.5 Å². The highest BCUT2D eigenvalue weighted by Crippen LogP contribution is 2.15. The van der Waals surface area contributed by atoms with E-state index in [4.69, 9.17) is 10.2 Å². The lowest BCUT2D eigenvalue weighted by molar-refractivity contribution is -0.0373. The molecule has 1 aromatic heterocycles. The van der Waals surface area contributed by atoms with Crippen molar-refractivity contribution in [3.05, 3.63) is 23.4 Å². The van der Waals surface area contributed by atoms with Crippen LogP contribution in [0, 0.1) is 6.92 Å². The van der Waals surface area contributed by atoms with E-state index in [0.29, 0.717) is 5.69 Å². The van der Waals surface area contributed by atoms with Gasteiger partial charge in [0.05, 0.1) is 12.1 Å². The SMILES string of the molecule is Cc1cc(C(=O)O)cc(NCC(F)(F)CO)n1. The fourth-order valence-corrected chi connectivity index (χ4v) is 1.16. The van der Waals surface area contributed by atoms with E-state index in [0.717, 1.165) is 6.07 Å². The second-order valence-corrected chi connectivity index (χ2v) is 3.56. The van der Waals surface area contributed by atoms with Crippen molar-refractivity contribution < 1.29 is 23.8 Å². The fourth-order valence-electron chi connectivity index (χ4n) is 1.16. The van der Waals surface area contributed by atoms with Crippen molar-refractivity contribution in [1.29, 1.82) is 0 Å². The molecular weight excluding hydrogens is 234 g/mol. The molecule has 0 saturated carbocycles. The second kappa shape index (κ2) is 5.05. The van der Waals surface area contributed by atoms with Crippen LogP contribution in [0.5, 0.6) is 0 Å². The molecule has 0 unspecified atom stereocenters. The van der Waals surface area contributed by atoms with Gasteiger partial charge in [0.15, 0.2) is 0 Å². The second-order valence-electron chi connectivity index (χ2n) is 3.56. The van der Waals surface area contributed by atoms with Gasteiger partial charge in [0, 0.05) is 5.69 Å². The molecular formula is C10H12F2N2O3. The maximum Gasteiger partial charge on any atom is 0.335 e. The van der Waals surface area contributed by atoms with Crippen molar-refractivity contribution in [2.24, 2.45) is 0 Å². The lowest BCUT2D eigenvalue weighted by atomic mass is 10.2. The van der Waals surface area contributed by atoms with E-state index in [1.54, 1.807) is 6.92 Å². The van der Waals surface area contributed by atoms with Crippen molar-refractivity contribution in [3.8, 4) is 0 Å². The highest BCUT2D eigenvalue weighted by Gasteiger charge is 2.27. The van der Waals surface area contributed by atoms with Crippen LogP contribution in [0.2, 0.25) is 0 Å². The maximum absolute atomic E-state index is 12.7. The Morgan fingerprint density at radius 2 is 2.18 bits per heavy atom. The van der Waals surface area contributed by atoms with Crippen molar-refractivity contribution in [2.75, 3.05) is 18.5 Å². The molecule has 17 heavy (non-hydrogen) atoms. The maximum atomic E-state index is 12.7. The number of hydrogen-bond acceptors (Lipinski definition) is 4. The molecule has 94 valence electrons. The van der Waals surface area contributed by atoms with Crippen LogP contribution in [0.4, 0.5) is 14.6 Å². The number of aromatic carboxylic acids is 1. The first-order chi connectivity index (χ1) is 7.84. The Balaban J connectivity index is 2.81. The van der Waals surface area contributed by atoms with Gasteiger partial charge in [-0.1, -0.05) is 0 Å². The minimum Gasteiger partial charge on any atom is -0.478 e. The number of carboxylic acid groups (broad SMARTS) is 1. The van der Waals surface area contributed by atoms with E-state index < -0.39 is 25.0 Å². The van der Waals surface area contributed by atoms with Crippen molar-refractivity contribution in [1.82, 2.24) is 4.98 Å². The number of aromatic nitrogens is 1. The van der Waals surface area contributed by atoms with E-state index in [1.807, 2.05) is 0 Å². The van der Waals surface area contributed by atoms with Crippen LogP contribution >= 0.6 is 0 Å². The van der Waals surface area contributed by atoms with E-state index in [1.165, 1.54) is 6.07 Å². The first kappa shape index (κ1) is 13.3. The normalized spacial score (nSPS) is 11.3. The Labute approximate surface area is 96.1 Å². The summed E-state index contributed by atoms with van der Waals surface area (Å²) < 4.78 is 25.5. The fraction of sp³-hybridized carbons (Fsp3) is 0.400. The quantitative estimate of drug-likeness (QED) is 0.725. The number of pyridine rings is 1. The molecule has 0 saturated heterocycles. The minimum absolute atomic E-state index is 0.0349. The number of rotatable bonds is 5. The molecule has 0 atom stereocenters. The van der Waals surface area contributed by atoms with Gasteiger partial charge in [-0.2, -0.15) is 0 Å². The minimum atomic E-state index is -3.27. The molecule has 1 rings (SSSR count). The lowest BCUT2D eigenvalue weighted by Gasteiger charge is -2.14. The Morgan fingerprint density at radius 3 is 2.71 bits per heavy atom. The highest BCUT2D eigenvalue weighted by molar-refractivity contribution is 5.88. The summed E-state index contributed by atoms with van der Waals surface area (Å²) in [5.74, 6) is -4.39. The zero-order valence-electron chi connectivity index (χ0n) is 9.07. The van der Waals surface area contributed by atoms with Crippen molar-refractivity contribution >= 4 is 11.8 Å². The number of halogens is 2. The van der Waals surface area contributed by atoms with Gasteiger partial charge >= 0.3 is 5.97 Å². The average Bonchev–Trinajstić information content (AvgIpc) is 2.26. The van der Waals surface area contributed by atoms with Gasteiger partial charge in [-0.15, -0.1) is 0 Å². The molecule has 7 heteroatoms. The lowest BCUT2D eigenvalue weighted by Crippen LogP contribution is -2.31. The summed E-state index contributed by atoms with van der Waals surface area (Å²) in [5.41, 5.74) is 0.368. The molecule has 3 N–H and O–H groups in total. The third-order valence-electron chi connectivity index (χ3n) is 1.96. The van der Waals surface area contributed by atoms with Crippen LogP contribution < -0.4 is 5.32 Å². The van der Waals surface area contributed by atoms with E-state index in [2.05, 4.69) is 10.3 Å². The number of aryl methyl sites for hydroxylation is 1. The van der Waals surface area contributed by atoms with Crippen molar-refractivity contribution in [3.63, 3.8) is 0 Å². The predicted molar refractivity (Wildman–Crippen MR) is 56.5 cm³/mol. The van der Waals surface area contributed by atoms with E-state index >= 15 is 0 Å². The number of anilines is 1. The van der Waals surface area contributed by atoms with E-state index in [9.17, 15) is 13.6 Å². The van der Waals surface area contributed by atoms with Crippen LogP contribution in [-0.2, 0) is 0 Å². The highest BCUT2D eigenvalue weighted by atomic mass is 19.3. The smallest absolute Gasteiger partial charge is 0.335 e. The molecule has 0 aliphatic rings. The van der Waals surface area contributed by atoms with Gasteiger partial charge in [-0.05, 0) is 19.1 Å². The summed E-state index contributed by atoms with van der Waals surface area (Å²) in [6, 6.07) is 2.49. The largest absolute Gasteiger partial charge is 0.478 e. The number of carbonyl (C=O) groups is 1. The Morgan fingerprint density at radius 1 is 1.53 bits per heavy atom. The molecule has 1 heterocycles. The van der Waals surface area contributed by atoms with Crippen LogP contribution in [-0.4, -0.2) is 40.2 Å². The van der Waals surface area contributed by atoms with Crippen molar-refractivity contribution in [2.45, 2.75) is 12.8 Å². The molecule has 5 nitrogen and oxygen atoms in total. The molecule has 0 spiro atoms. The number of aliphatic hydroxyl groups is 1. The molecule has 0 aliphatic carbocycles. The summed E-state index contributed by atoms with van der Waals surface area (Å²) in [4.78, 5) is 14.6. The Hall–Kier alpha value is -1.76. The molecule has 0 bridgehead atoms. The monoisotopic (exact) mass is 246 g/mol. The number of alkyl halides is 2. The number of nitrogens with one attached hydrogen (secondary N) is 1. The first-order valence-electron chi connectivity index (χ1n) is 4.78. The molecule has 0 aliphatic heterocycles. The van der Waals surface area contributed by atoms with Gasteiger partial charge < -0.3 is 15.5 Å². The summed E-state index contributed by atoms with van der Waals surface area (Å²) in [6.45, 7) is -0.529. The molecule has 0 fully saturated rings. The number of nitrogens with zero attached hydrogens (tertiary/aromatic N) is 1. The average molecular weight is 246 g/mol. The van der Waals surface area contributed by atoms with Crippen LogP contribution in [0.1, 0.15) is 16.1 Å². The number of aliphatic hydroxyl groups excluding tert-OH is 1. The summed E-state index contributed by atoms with van der Waals surface area (Å²) in [7, 11) is 0. The summed E-state index contributed by atoms with van der Waals surface area (Å²) >= 11 is 0. The zero-order valence-corrected chi connectivity index (χ0v) is 9.07. The molecule has 0 aromatic carbocycles. The molecule has 1 aromatic rings. The third kappa shape index (κ3) is 3.95. The zero-order chi connectivity index (χ0) is 13.1. The van der Waals surface area contributed by atoms with Gasteiger partial charge in [-0.3, -0.25) is 0 Å². The van der Waals surface area contributed by atoms with Gasteiger partial charge in [0.2, 0.25) is 0 Å². The number of carboxylic acids is 1. The summed E-state index contributed by atoms with van der Waals surface area (Å²) in [5, 5.41) is 19.4. The summed E-state index contributed by atoms with van der Waals surface area (Å²) in [6.07, 6.45) is 0. The number of hydrogen-bond donors (Lipinski definition) is 3. The molecule has 0 amide bonds. The Bertz CT molecular complexity index is 424.